The first kappa shape index (κ1) is 18.1. The number of hydrogen-bond donors (Lipinski definition) is 1. The average molecular weight is 299 g/mol. The maximum Gasteiger partial charge on any atom is 0.261 e. The minimum Gasteiger partial charge on any atom is -0.375 e. The molecule has 0 fully saturated rings. The Hall–Kier alpha value is -1.00. The van der Waals surface area contributed by atoms with Gasteiger partial charge in [-0.2, -0.15) is 0 Å². The Balaban J connectivity index is 2.78. The molecule has 4 heteroatoms. The van der Waals surface area contributed by atoms with E-state index in [9.17, 15) is 8.78 Å². The summed E-state index contributed by atoms with van der Waals surface area (Å²) in [6.07, 6.45) is 0.287. The molecule has 1 atom stereocenters. The van der Waals surface area contributed by atoms with E-state index in [-0.39, 0.29) is 6.04 Å². The molecule has 0 heterocycles. The van der Waals surface area contributed by atoms with Crippen LogP contribution in [0.15, 0.2) is 18.2 Å². The summed E-state index contributed by atoms with van der Waals surface area (Å²) in [5, 5.41) is 3.45. The highest BCUT2D eigenvalue weighted by Crippen LogP contribution is 2.24. The van der Waals surface area contributed by atoms with Crippen molar-refractivity contribution in [3.63, 3.8) is 0 Å². The Morgan fingerprint density at radius 3 is 2.48 bits per heavy atom. The quantitative estimate of drug-likeness (QED) is 0.656. The summed E-state index contributed by atoms with van der Waals surface area (Å²) in [5.41, 5.74) is 3.89. The minimum atomic E-state index is -2.39. The van der Waals surface area contributed by atoms with Gasteiger partial charge < -0.3 is 10.1 Å². The molecule has 1 unspecified atom stereocenters. The molecule has 1 aromatic carbocycles. The van der Waals surface area contributed by atoms with Crippen molar-refractivity contribution in [2.24, 2.45) is 0 Å². The van der Waals surface area contributed by atoms with Crippen molar-refractivity contribution in [1.29, 1.82) is 0 Å². The van der Waals surface area contributed by atoms with Crippen LogP contribution in [-0.4, -0.2) is 26.2 Å². The van der Waals surface area contributed by atoms with Gasteiger partial charge in [0.1, 0.15) is 6.61 Å². The van der Waals surface area contributed by atoms with E-state index in [1.165, 1.54) is 16.7 Å². The molecule has 2 nitrogen and oxygen atoms in total. The molecular formula is C17H27F2NO. The van der Waals surface area contributed by atoms with Crippen molar-refractivity contribution in [2.75, 3.05) is 19.8 Å². The molecule has 1 rings (SSSR count). The van der Waals surface area contributed by atoms with Crippen LogP contribution in [0.3, 0.4) is 0 Å². The third-order valence-corrected chi connectivity index (χ3v) is 3.62. The van der Waals surface area contributed by atoms with Crippen LogP contribution in [0.25, 0.3) is 0 Å². The summed E-state index contributed by atoms with van der Waals surface area (Å²) in [6.45, 7) is 7.05. The van der Waals surface area contributed by atoms with Gasteiger partial charge in [0.25, 0.3) is 6.43 Å². The van der Waals surface area contributed by atoms with Crippen LogP contribution in [0.1, 0.15) is 49.9 Å². The zero-order chi connectivity index (χ0) is 15.7. The van der Waals surface area contributed by atoms with Gasteiger partial charge in [-0.1, -0.05) is 39.0 Å². The normalized spacial score (nSPS) is 12.9. The number of aryl methyl sites for hydroxylation is 2. The highest BCUT2D eigenvalue weighted by molar-refractivity contribution is 5.34. The molecule has 21 heavy (non-hydrogen) atoms. The highest BCUT2D eigenvalue weighted by Gasteiger charge is 2.15. The molecule has 0 aliphatic carbocycles. The molecule has 0 aromatic heterocycles. The van der Waals surface area contributed by atoms with Crippen LogP contribution in [0, 0.1) is 0 Å². The largest absolute Gasteiger partial charge is 0.375 e. The van der Waals surface area contributed by atoms with E-state index < -0.39 is 13.0 Å². The summed E-state index contributed by atoms with van der Waals surface area (Å²) in [6, 6.07) is 6.74. The summed E-state index contributed by atoms with van der Waals surface area (Å²) >= 11 is 0. The van der Waals surface area contributed by atoms with Crippen molar-refractivity contribution >= 4 is 0 Å². The van der Waals surface area contributed by atoms with E-state index in [4.69, 9.17) is 4.74 Å². The van der Waals surface area contributed by atoms with E-state index in [0.29, 0.717) is 13.0 Å². The van der Waals surface area contributed by atoms with Gasteiger partial charge in [0.2, 0.25) is 0 Å². The van der Waals surface area contributed by atoms with Gasteiger partial charge in [-0.15, -0.1) is 0 Å². The highest BCUT2D eigenvalue weighted by atomic mass is 19.3. The molecular weight excluding hydrogens is 272 g/mol. The fraction of sp³-hybridized carbons (Fsp3) is 0.647. The van der Waals surface area contributed by atoms with Crippen molar-refractivity contribution in [2.45, 2.75) is 52.5 Å². The first-order valence-electron chi connectivity index (χ1n) is 7.83. The second-order valence-corrected chi connectivity index (χ2v) is 5.11. The first-order chi connectivity index (χ1) is 10.1. The molecule has 0 spiro atoms. The van der Waals surface area contributed by atoms with Crippen LogP contribution in [0.5, 0.6) is 0 Å². The van der Waals surface area contributed by atoms with Gasteiger partial charge in [-0.25, -0.2) is 8.78 Å². The lowest BCUT2D eigenvalue weighted by molar-refractivity contribution is 0.0144. The minimum absolute atomic E-state index is 0.161. The van der Waals surface area contributed by atoms with Crippen molar-refractivity contribution in [3.05, 3.63) is 34.9 Å². The molecule has 0 saturated carbocycles. The zero-order valence-corrected chi connectivity index (χ0v) is 13.3. The third kappa shape index (κ3) is 6.10. The molecule has 0 aliphatic rings. The van der Waals surface area contributed by atoms with Gasteiger partial charge in [0.15, 0.2) is 0 Å². The lowest BCUT2D eigenvalue weighted by Crippen LogP contribution is -2.24. The average Bonchev–Trinajstić information content (AvgIpc) is 2.49. The number of rotatable bonds is 10. The fourth-order valence-corrected chi connectivity index (χ4v) is 2.50. The summed E-state index contributed by atoms with van der Waals surface area (Å²) in [7, 11) is 0. The molecule has 0 aliphatic heterocycles. The van der Waals surface area contributed by atoms with Crippen LogP contribution >= 0.6 is 0 Å². The number of halogens is 2. The Morgan fingerprint density at radius 1 is 1.14 bits per heavy atom. The zero-order valence-electron chi connectivity index (χ0n) is 13.3. The molecule has 1 aromatic rings. The van der Waals surface area contributed by atoms with Crippen LogP contribution in [0.2, 0.25) is 0 Å². The van der Waals surface area contributed by atoms with Gasteiger partial charge in [0.05, 0.1) is 0 Å². The predicted octanol–water partition coefficient (Wildman–Crippen LogP) is 4.13. The summed E-state index contributed by atoms with van der Waals surface area (Å²) in [4.78, 5) is 0. The van der Waals surface area contributed by atoms with Crippen LogP contribution in [-0.2, 0) is 17.6 Å². The SMILES string of the molecule is CCNC(CCOCC(F)F)c1cc(CC)ccc1CC. The fourth-order valence-electron chi connectivity index (χ4n) is 2.50. The monoisotopic (exact) mass is 299 g/mol. The standard InChI is InChI=1S/C17H27F2NO/c1-4-13-7-8-14(5-2)15(11-13)16(20-6-3)9-10-21-12-17(18)19/h7-8,11,16-17,20H,4-6,9-10,12H2,1-3H3. The predicted molar refractivity (Wildman–Crippen MR) is 83.1 cm³/mol. The van der Waals surface area contributed by atoms with Gasteiger partial charge in [0, 0.05) is 12.6 Å². The van der Waals surface area contributed by atoms with E-state index in [2.05, 4.69) is 44.3 Å². The molecule has 0 amide bonds. The smallest absolute Gasteiger partial charge is 0.261 e. The van der Waals surface area contributed by atoms with E-state index >= 15 is 0 Å². The number of ether oxygens (including phenoxy) is 1. The van der Waals surface area contributed by atoms with Crippen molar-refractivity contribution in [3.8, 4) is 0 Å². The topological polar surface area (TPSA) is 21.3 Å². The van der Waals surface area contributed by atoms with Gasteiger partial charge >= 0.3 is 0 Å². The maximum absolute atomic E-state index is 12.1. The lowest BCUT2D eigenvalue weighted by atomic mass is 9.93. The summed E-state index contributed by atoms with van der Waals surface area (Å²) < 4.78 is 29.2. The van der Waals surface area contributed by atoms with E-state index in [0.717, 1.165) is 19.4 Å². The number of hydrogen-bond acceptors (Lipinski definition) is 2. The Bertz CT molecular complexity index is 410. The van der Waals surface area contributed by atoms with Crippen LogP contribution in [0.4, 0.5) is 8.78 Å². The first-order valence-corrected chi connectivity index (χ1v) is 7.83. The van der Waals surface area contributed by atoms with Crippen molar-refractivity contribution in [1.82, 2.24) is 5.32 Å². The third-order valence-electron chi connectivity index (χ3n) is 3.62. The Morgan fingerprint density at radius 2 is 1.90 bits per heavy atom. The number of nitrogens with one attached hydrogen (secondary N) is 1. The molecule has 1 N–H and O–H groups in total. The van der Waals surface area contributed by atoms with Gasteiger partial charge in [-0.05, 0) is 42.5 Å². The van der Waals surface area contributed by atoms with Gasteiger partial charge in [-0.3, -0.25) is 0 Å². The number of benzene rings is 1. The lowest BCUT2D eigenvalue weighted by Gasteiger charge is -2.22. The second kappa shape index (κ2) is 9.85. The molecule has 0 saturated heterocycles. The van der Waals surface area contributed by atoms with E-state index in [1.54, 1.807) is 0 Å². The summed E-state index contributed by atoms with van der Waals surface area (Å²) in [5.74, 6) is 0. The number of alkyl halides is 2. The molecule has 0 radical (unpaired) electrons. The molecule has 0 bridgehead atoms. The Labute approximate surface area is 126 Å². The second-order valence-electron chi connectivity index (χ2n) is 5.11. The van der Waals surface area contributed by atoms with Crippen molar-refractivity contribution < 1.29 is 13.5 Å². The van der Waals surface area contributed by atoms with Crippen LogP contribution < -0.4 is 5.32 Å². The molecule has 120 valence electrons. The maximum atomic E-state index is 12.1. The Kier molecular flexibility index (Phi) is 8.47. The van der Waals surface area contributed by atoms with E-state index in [1.807, 2.05) is 0 Å².